The van der Waals surface area contributed by atoms with Crippen molar-refractivity contribution < 1.29 is 23.7 Å². The highest BCUT2D eigenvalue weighted by Crippen LogP contribution is 2.50. The van der Waals surface area contributed by atoms with Gasteiger partial charge in [0, 0.05) is 44.2 Å². The van der Waals surface area contributed by atoms with Gasteiger partial charge in [0.2, 0.25) is 0 Å². The Morgan fingerprint density at radius 2 is 1.36 bits per heavy atom. The van der Waals surface area contributed by atoms with Crippen LogP contribution in [0.3, 0.4) is 0 Å². The van der Waals surface area contributed by atoms with Gasteiger partial charge in [0.05, 0.1) is 31.9 Å². The minimum atomic E-state index is -0.969. The number of esters is 1. The van der Waals surface area contributed by atoms with Crippen LogP contribution in [0.4, 0.5) is 0 Å². The van der Waals surface area contributed by atoms with E-state index in [-0.39, 0.29) is 12.6 Å². The molecule has 7 rings (SSSR count). The Morgan fingerprint density at radius 3 is 1.93 bits per heavy atom. The SMILES string of the molecule is CCOC(=O)c1c(C)n(-c2ccccc2)c2c1c1c(c3ccccc32)OC(c2ccc(OC)cc2)(c2ccc(OC)cc2)C=C1. The zero-order valence-electron chi connectivity index (χ0n) is 25.7. The zero-order valence-corrected chi connectivity index (χ0v) is 25.7. The van der Waals surface area contributed by atoms with E-state index >= 15 is 0 Å². The molecule has 0 saturated heterocycles. The van der Waals surface area contributed by atoms with Crippen LogP contribution in [0.15, 0.2) is 109 Å². The van der Waals surface area contributed by atoms with Crippen LogP contribution in [-0.2, 0) is 10.3 Å². The monoisotopic (exact) mass is 595 g/mol. The topological polar surface area (TPSA) is 58.9 Å². The van der Waals surface area contributed by atoms with Gasteiger partial charge in [0.15, 0.2) is 5.60 Å². The first-order chi connectivity index (χ1) is 22.0. The van der Waals surface area contributed by atoms with Gasteiger partial charge in [-0.3, -0.25) is 0 Å². The highest BCUT2D eigenvalue weighted by atomic mass is 16.5. The number of methoxy groups -OCH3 is 2. The van der Waals surface area contributed by atoms with E-state index in [1.54, 1.807) is 14.2 Å². The first kappa shape index (κ1) is 28.3. The Labute approximate surface area is 262 Å². The number of aromatic nitrogens is 1. The molecule has 1 aromatic heterocycles. The second-order valence-corrected chi connectivity index (χ2v) is 11.0. The number of carbonyl (C=O) groups is 1. The number of carbonyl (C=O) groups excluding carboxylic acids is 1. The van der Waals surface area contributed by atoms with Crippen molar-refractivity contribution >= 4 is 33.7 Å². The Morgan fingerprint density at radius 1 is 0.778 bits per heavy atom. The molecule has 0 saturated carbocycles. The third kappa shape index (κ3) is 4.44. The molecule has 0 amide bonds. The Balaban J connectivity index is 1.58. The number of fused-ring (bicyclic) bond motifs is 6. The van der Waals surface area contributed by atoms with E-state index in [2.05, 4.69) is 41.0 Å². The number of hydrogen-bond donors (Lipinski definition) is 0. The lowest BCUT2D eigenvalue weighted by molar-refractivity contribution is 0.0527. The zero-order chi connectivity index (χ0) is 31.1. The molecule has 0 atom stereocenters. The molecule has 224 valence electrons. The third-order valence-corrected chi connectivity index (χ3v) is 8.63. The fourth-order valence-electron chi connectivity index (χ4n) is 6.53. The maximum Gasteiger partial charge on any atom is 0.340 e. The molecule has 2 heterocycles. The summed E-state index contributed by atoms with van der Waals surface area (Å²) in [5, 5.41) is 2.72. The second-order valence-electron chi connectivity index (χ2n) is 11.0. The molecular weight excluding hydrogens is 562 g/mol. The lowest BCUT2D eigenvalue weighted by Crippen LogP contribution is -2.34. The van der Waals surface area contributed by atoms with Crippen molar-refractivity contribution in [3.05, 3.63) is 137 Å². The molecule has 6 nitrogen and oxygen atoms in total. The van der Waals surface area contributed by atoms with Crippen molar-refractivity contribution in [3.63, 3.8) is 0 Å². The molecule has 0 fully saturated rings. The van der Waals surface area contributed by atoms with Crippen molar-refractivity contribution in [3.8, 4) is 22.9 Å². The molecule has 6 heteroatoms. The summed E-state index contributed by atoms with van der Waals surface area (Å²) in [6.07, 6.45) is 4.18. The Hall–Kier alpha value is -5.49. The van der Waals surface area contributed by atoms with Gasteiger partial charge >= 0.3 is 5.97 Å². The average Bonchev–Trinajstić information content (AvgIpc) is 3.41. The van der Waals surface area contributed by atoms with Crippen molar-refractivity contribution in [1.29, 1.82) is 0 Å². The van der Waals surface area contributed by atoms with Crippen molar-refractivity contribution in [2.75, 3.05) is 20.8 Å². The van der Waals surface area contributed by atoms with Crippen LogP contribution in [0.5, 0.6) is 17.2 Å². The minimum Gasteiger partial charge on any atom is -0.497 e. The lowest BCUT2D eigenvalue weighted by Gasteiger charge is -2.37. The molecule has 1 aliphatic rings. The van der Waals surface area contributed by atoms with Crippen molar-refractivity contribution in [1.82, 2.24) is 4.57 Å². The smallest absolute Gasteiger partial charge is 0.340 e. The summed E-state index contributed by atoms with van der Waals surface area (Å²) in [6.45, 7) is 4.08. The molecule has 45 heavy (non-hydrogen) atoms. The van der Waals surface area contributed by atoms with Crippen LogP contribution in [0.2, 0.25) is 0 Å². The predicted octanol–water partition coefficient (Wildman–Crippen LogP) is 8.64. The van der Waals surface area contributed by atoms with Crippen molar-refractivity contribution in [2.45, 2.75) is 19.4 Å². The summed E-state index contributed by atoms with van der Waals surface area (Å²) in [4.78, 5) is 13.7. The van der Waals surface area contributed by atoms with Crippen LogP contribution in [-0.4, -0.2) is 31.4 Å². The Bertz CT molecular complexity index is 2030. The summed E-state index contributed by atoms with van der Waals surface area (Å²) in [5.41, 5.74) is 4.98. The van der Waals surface area contributed by atoms with Gasteiger partial charge in [-0.1, -0.05) is 66.7 Å². The first-order valence-corrected chi connectivity index (χ1v) is 15.0. The summed E-state index contributed by atoms with van der Waals surface area (Å²) >= 11 is 0. The van der Waals surface area contributed by atoms with E-state index in [0.29, 0.717) is 11.3 Å². The highest BCUT2D eigenvalue weighted by molar-refractivity contribution is 6.20. The minimum absolute atomic E-state index is 0.274. The fraction of sp³-hybridized carbons (Fsp3) is 0.154. The molecule has 0 aliphatic carbocycles. The van der Waals surface area contributed by atoms with Gasteiger partial charge in [-0.15, -0.1) is 0 Å². The van der Waals surface area contributed by atoms with Gasteiger partial charge in [-0.2, -0.15) is 0 Å². The van der Waals surface area contributed by atoms with E-state index in [9.17, 15) is 4.79 Å². The quantitative estimate of drug-likeness (QED) is 0.173. The predicted molar refractivity (Wildman–Crippen MR) is 178 cm³/mol. The molecule has 0 unspecified atom stereocenters. The van der Waals surface area contributed by atoms with Crippen LogP contribution >= 0.6 is 0 Å². The van der Waals surface area contributed by atoms with Gasteiger partial charge in [0.25, 0.3) is 0 Å². The normalized spacial score (nSPS) is 13.3. The molecule has 1 aliphatic heterocycles. The van der Waals surface area contributed by atoms with E-state index in [1.807, 2.05) is 92.7 Å². The van der Waals surface area contributed by atoms with Crippen LogP contribution in [0.1, 0.15) is 39.7 Å². The Kier molecular flexibility index (Phi) is 7.05. The van der Waals surface area contributed by atoms with Crippen LogP contribution < -0.4 is 14.2 Å². The highest BCUT2D eigenvalue weighted by Gasteiger charge is 2.40. The van der Waals surface area contributed by atoms with E-state index in [4.69, 9.17) is 18.9 Å². The second kappa shape index (κ2) is 11.2. The van der Waals surface area contributed by atoms with Gasteiger partial charge < -0.3 is 23.5 Å². The lowest BCUT2D eigenvalue weighted by atomic mass is 9.82. The van der Waals surface area contributed by atoms with Gasteiger partial charge in [-0.05, 0) is 62.4 Å². The van der Waals surface area contributed by atoms with Crippen LogP contribution in [0, 0.1) is 6.92 Å². The summed E-state index contributed by atoms with van der Waals surface area (Å²) in [6, 6.07) is 34.2. The van der Waals surface area contributed by atoms with E-state index < -0.39 is 5.60 Å². The van der Waals surface area contributed by atoms with Gasteiger partial charge in [-0.25, -0.2) is 4.79 Å². The number of para-hydroxylation sites is 1. The van der Waals surface area contributed by atoms with E-state index in [1.165, 1.54) is 0 Å². The number of rotatable bonds is 7. The fourth-order valence-corrected chi connectivity index (χ4v) is 6.53. The molecule has 5 aromatic carbocycles. The largest absolute Gasteiger partial charge is 0.497 e. The molecule has 0 bridgehead atoms. The summed E-state index contributed by atoms with van der Waals surface area (Å²) in [5.74, 6) is 1.85. The molecule has 0 radical (unpaired) electrons. The summed E-state index contributed by atoms with van der Waals surface area (Å²) in [7, 11) is 3.31. The first-order valence-electron chi connectivity index (χ1n) is 15.0. The number of ether oxygens (including phenoxy) is 4. The average molecular weight is 596 g/mol. The molecule has 6 aromatic rings. The molecular formula is C39H33NO5. The van der Waals surface area contributed by atoms with E-state index in [0.717, 1.165) is 61.2 Å². The third-order valence-electron chi connectivity index (χ3n) is 8.63. The number of hydrogen-bond acceptors (Lipinski definition) is 5. The molecule has 0 N–H and O–H groups in total. The maximum absolute atomic E-state index is 13.7. The summed E-state index contributed by atoms with van der Waals surface area (Å²) < 4.78 is 26.0. The maximum atomic E-state index is 13.7. The van der Waals surface area contributed by atoms with Crippen LogP contribution in [0.25, 0.3) is 33.4 Å². The van der Waals surface area contributed by atoms with Crippen molar-refractivity contribution in [2.24, 2.45) is 0 Å². The number of nitrogens with zero attached hydrogens (tertiary/aromatic N) is 1. The van der Waals surface area contributed by atoms with Gasteiger partial charge in [0.1, 0.15) is 17.2 Å². The standard InChI is InChI=1S/C39H33NO5/c1-5-44-38(41)34-25(2)40(28-11-7-6-8-12-28)36-31-13-9-10-14-32(31)37-33(35(34)36)23-24-39(45-37,26-15-19-29(42-3)20-16-26)27-17-21-30(43-4)22-18-27/h6-24H,5H2,1-4H3. The number of benzene rings is 5. The molecule has 0 spiro atoms.